The monoisotopic (exact) mass is 247 g/mol. The highest BCUT2D eigenvalue weighted by Gasteiger charge is 2.19. The summed E-state index contributed by atoms with van der Waals surface area (Å²) in [6.45, 7) is 0.0125. The van der Waals surface area contributed by atoms with Crippen molar-refractivity contribution in [3.05, 3.63) is 24.2 Å². The fourth-order valence-electron chi connectivity index (χ4n) is 1.26. The van der Waals surface area contributed by atoms with Crippen LogP contribution >= 0.6 is 0 Å². The lowest BCUT2D eigenvalue weighted by atomic mass is 10.0. The average molecular weight is 247 g/mol. The predicted molar refractivity (Wildman–Crippen MR) is 56.5 cm³/mol. The van der Waals surface area contributed by atoms with Crippen LogP contribution in [0.1, 0.15) is 18.1 Å². The Kier molecular flexibility index (Phi) is 4.08. The third-order valence-corrected chi connectivity index (χ3v) is 2.65. The van der Waals surface area contributed by atoms with Gasteiger partial charge in [-0.3, -0.25) is 4.79 Å². The van der Waals surface area contributed by atoms with Gasteiger partial charge in [0.25, 0.3) is 0 Å². The van der Waals surface area contributed by atoms with E-state index in [0.29, 0.717) is 5.76 Å². The summed E-state index contributed by atoms with van der Waals surface area (Å²) < 4.78 is 29.1. The fourth-order valence-corrected chi connectivity index (χ4v) is 1.76. The summed E-state index contributed by atoms with van der Waals surface area (Å²) in [7, 11) is -3.33. The van der Waals surface area contributed by atoms with E-state index in [9.17, 15) is 13.2 Å². The standard InChI is InChI=1S/C9H13NO5S/c1-16(13,14)10-6-7(5-9(11)12)8-3-2-4-15-8/h2-4,7,10H,5-6H2,1H3,(H,11,12). The molecule has 16 heavy (non-hydrogen) atoms. The molecule has 90 valence electrons. The zero-order chi connectivity index (χ0) is 12.2. The maximum absolute atomic E-state index is 10.9. The van der Waals surface area contributed by atoms with Crippen LogP contribution in [0.2, 0.25) is 0 Å². The first-order valence-electron chi connectivity index (χ1n) is 4.58. The molecule has 0 aromatic carbocycles. The van der Waals surface area contributed by atoms with E-state index >= 15 is 0 Å². The Morgan fingerprint density at radius 1 is 1.62 bits per heavy atom. The molecule has 0 amide bonds. The smallest absolute Gasteiger partial charge is 0.304 e. The number of carboxylic acid groups (broad SMARTS) is 1. The summed E-state index contributed by atoms with van der Waals surface area (Å²) in [5, 5.41) is 8.69. The molecular weight excluding hydrogens is 234 g/mol. The van der Waals surface area contributed by atoms with Gasteiger partial charge >= 0.3 is 5.97 Å². The lowest BCUT2D eigenvalue weighted by molar-refractivity contribution is -0.137. The highest BCUT2D eigenvalue weighted by molar-refractivity contribution is 7.88. The van der Waals surface area contributed by atoms with Gasteiger partial charge in [-0.1, -0.05) is 0 Å². The molecule has 0 saturated heterocycles. The van der Waals surface area contributed by atoms with Gasteiger partial charge in [0.05, 0.1) is 18.9 Å². The summed E-state index contributed by atoms with van der Waals surface area (Å²) in [5.74, 6) is -1.04. The Morgan fingerprint density at radius 2 is 2.31 bits per heavy atom. The minimum Gasteiger partial charge on any atom is -0.481 e. The molecule has 1 aromatic rings. The van der Waals surface area contributed by atoms with Crippen LogP contribution in [0.3, 0.4) is 0 Å². The molecule has 1 atom stereocenters. The Labute approximate surface area is 93.3 Å². The average Bonchev–Trinajstić information content (AvgIpc) is 2.62. The van der Waals surface area contributed by atoms with Crippen LogP contribution < -0.4 is 4.72 Å². The first-order chi connectivity index (χ1) is 7.38. The van der Waals surface area contributed by atoms with E-state index in [4.69, 9.17) is 9.52 Å². The second kappa shape index (κ2) is 5.13. The molecule has 1 unspecified atom stereocenters. The molecule has 2 N–H and O–H groups in total. The zero-order valence-corrected chi connectivity index (χ0v) is 9.53. The van der Waals surface area contributed by atoms with Crippen molar-refractivity contribution in [1.29, 1.82) is 0 Å². The summed E-state index contributed by atoms with van der Waals surface area (Å²) in [6.07, 6.45) is 2.26. The van der Waals surface area contributed by atoms with Crippen LogP contribution in [0.25, 0.3) is 0 Å². The molecular formula is C9H13NO5S. The van der Waals surface area contributed by atoms with Crippen molar-refractivity contribution in [2.45, 2.75) is 12.3 Å². The maximum Gasteiger partial charge on any atom is 0.304 e. The topological polar surface area (TPSA) is 96.6 Å². The summed E-state index contributed by atoms with van der Waals surface area (Å²) in [5.41, 5.74) is 0. The molecule has 0 aliphatic rings. The summed E-state index contributed by atoms with van der Waals surface area (Å²) in [4.78, 5) is 10.6. The van der Waals surface area contributed by atoms with E-state index in [1.165, 1.54) is 6.26 Å². The number of nitrogens with one attached hydrogen (secondary N) is 1. The Bertz CT molecular complexity index is 436. The first kappa shape index (κ1) is 12.7. The maximum atomic E-state index is 10.9. The number of hydrogen-bond donors (Lipinski definition) is 2. The summed E-state index contributed by atoms with van der Waals surface area (Å²) in [6, 6.07) is 3.25. The van der Waals surface area contributed by atoms with E-state index in [-0.39, 0.29) is 13.0 Å². The van der Waals surface area contributed by atoms with E-state index in [0.717, 1.165) is 6.26 Å². The van der Waals surface area contributed by atoms with E-state index in [1.807, 2.05) is 0 Å². The van der Waals surface area contributed by atoms with Gasteiger partial charge in [0.1, 0.15) is 5.76 Å². The molecule has 7 heteroatoms. The second-order valence-corrected chi connectivity index (χ2v) is 5.26. The van der Waals surface area contributed by atoms with Crippen LogP contribution in [0.15, 0.2) is 22.8 Å². The Hall–Kier alpha value is -1.34. The highest BCUT2D eigenvalue weighted by atomic mass is 32.2. The Balaban J connectivity index is 2.69. The quantitative estimate of drug-likeness (QED) is 0.757. The molecule has 0 aliphatic carbocycles. The number of sulfonamides is 1. The number of rotatable bonds is 6. The minimum absolute atomic E-state index is 0.0125. The van der Waals surface area contributed by atoms with E-state index in [2.05, 4.69) is 4.72 Å². The van der Waals surface area contributed by atoms with Crippen LogP contribution in [-0.4, -0.2) is 32.3 Å². The lowest BCUT2D eigenvalue weighted by Gasteiger charge is -2.12. The molecule has 1 aromatic heterocycles. The largest absolute Gasteiger partial charge is 0.481 e. The molecule has 0 saturated carbocycles. The number of carboxylic acids is 1. The van der Waals surface area contributed by atoms with Gasteiger partial charge in [0, 0.05) is 12.5 Å². The molecule has 0 spiro atoms. The molecule has 0 radical (unpaired) electrons. The van der Waals surface area contributed by atoms with Gasteiger partial charge < -0.3 is 9.52 Å². The first-order valence-corrected chi connectivity index (χ1v) is 6.47. The number of carbonyl (C=O) groups is 1. The molecule has 6 nitrogen and oxygen atoms in total. The van der Waals surface area contributed by atoms with Gasteiger partial charge in [-0.25, -0.2) is 13.1 Å². The van der Waals surface area contributed by atoms with Crippen LogP contribution in [-0.2, 0) is 14.8 Å². The van der Waals surface area contributed by atoms with Crippen LogP contribution in [0, 0.1) is 0 Å². The van der Waals surface area contributed by atoms with Crippen molar-refractivity contribution in [3.8, 4) is 0 Å². The third kappa shape index (κ3) is 4.45. The molecule has 0 bridgehead atoms. The predicted octanol–water partition coefficient (Wildman–Crippen LogP) is 0.387. The van der Waals surface area contributed by atoms with Gasteiger partial charge in [0.2, 0.25) is 10.0 Å². The molecule has 0 fully saturated rings. The van der Waals surface area contributed by atoms with Crippen molar-refractivity contribution in [3.63, 3.8) is 0 Å². The molecule has 0 aliphatic heterocycles. The molecule has 1 heterocycles. The number of furan rings is 1. The van der Waals surface area contributed by atoms with Crippen LogP contribution in [0.5, 0.6) is 0 Å². The van der Waals surface area contributed by atoms with E-state index < -0.39 is 21.9 Å². The van der Waals surface area contributed by atoms with Gasteiger partial charge in [0.15, 0.2) is 0 Å². The van der Waals surface area contributed by atoms with Gasteiger partial charge in [-0.05, 0) is 12.1 Å². The SMILES string of the molecule is CS(=O)(=O)NCC(CC(=O)O)c1ccco1. The van der Waals surface area contributed by atoms with Gasteiger partial charge in [-0.15, -0.1) is 0 Å². The van der Waals surface area contributed by atoms with Gasteiger partial charge in [-0.2, -0.15) is 0 Å². The number of hydrogen-bond acceptors (Lipinski definition) is 4. The minimum atomic E-state index is -3.33. The zero-order valence-electron chi connectivity index (χ0n) is 8.71. The Morgan fingerprint density at radius 3 is 2.75 bits per heavy atom. The van der Waals surface area contributed by atoms with Crippen LogP contribution in [0.4, 0.5) is 0 Å². The lowest BCUT2D eigenvalue weighted by Crippen LogP contribution is -2.28. The highest BCUT2D eigenvalue weighted by Crippen LogP contribution is 2.19. The van der Waals surface area contributed by atoms with Crippen molar-refractivity contribution in [1.82, 2.24) is 4.72 Å². The molecule has 1 rings (SSSR count). The fraction of sp³-hybridized carbons (Fsp3) is 0.444. The van der Waals surface area contributed by atoms with Crippen molar-refractivity contribution < 1.29 is 22.7 Å². The third-order valence-electron chi connectivity index (χ3n) is 1.96. The van der Waals surface area contributed by atoms with Crippen molar-refractivity contribution in [2.75, 3.05) is 12.8 Å². The van der Waals surface area contributed by atoms with Crippen molar-refractivity contribution >= 4 is 16.0 Å². The number of aliphatic carboxylic acids is 1. The normalized spacial score (nSPS) is 13.6. The van der Waals surface area contributed by atoms with Crippen molar-refractivity contribution in [2.24, 2.45) is 0 Å². The summed E-state index contributed by atoms with van der Waals surface area (Å²) >= 11 is 0. The second-order valence-electron chi connectivity index (χ2n) is 3.43. The van der Waals surface area contributed by atoms with E-state index in [1.54, 1.807) is 12.1 Å².